The van der Waals surface area contributed by atoms with Gasteiger partial charge in [-0.25, -0.2) is 4.99 Å². The van der Waals surface area contributed by atoms with Gasteiger partial charge in [0.2, 0.25) is 0 Å². The zero-order valence-corrected chi connectivity index (χ0v) is 17.3. The first-order chi connectivity index (χ1) is 14.5. The molecule has 2 aromatic rings. The summed E-state index contributed by atoms with van der Waals surface area (Å²) >= 11 is 1.26. The molecule has 0 aromatic heterocycles. The van der Waals surface area contributed by atoms with Gasteiger partial charge in [0.05, 0.1) is 23.8 Å². The third kappa shape index (κ3) is 4.39. The summed E-state index contributed by atoms with van der Waals surface area (Å²) in [4.78, 5) is 33.7. The van der Waals surface area contributed by atoms with E-state index in [1.165, 1.54) is 16.7 Å². The van der Waals surface area contributed by atoms with Crippen LogP contribution < -0.4 is 0 Å². The molecule has 8 heteroatoms. The van der Waals surface area contributed by atoms with Crippen molar-refractivity contribution in [3.8, 4) is 5.75 Å². The molecule has 154 valence electrons. The summed E-state index contributed by atoms with van der Waals surface area (Å²) in [5, 5.41) is 10.2. The molecule has 0 radical (unpaired) electrons. The van der Waals surface area contributed by atoms with Crippen molar-refractivity contribution >= 4 is 40.5 Å². The van der Waals surface area contributed by atoms with E-state index < -0.39 is 0 Å². The Morgan fingerprint density at radius 2 is 1.93 bits per heavy atom. The van der Waals surface area contributed by atoms with E-state index in [4.69, 9.17) is 4.74 Å². The van der Waals surface area contributed by atoms with Crippen molar-refractivity contribution in [1.29, 1.82) is 0 Å². The quantitative estimate of drug-likeness (QED) is 0.767. The number of rotatable bonds is 3. The molecule has 7 nitrogen and oxygen atoms in total. The Bertz CT molecular complexity index is 1040. The molecule has 1 N–H and O–H groups in total. The zero-order valence-electron chi connectivity index (χ0n) is 16.4. The molecule has 2 amide bonds. The highest BCUT2D eigenvalue weighted by molar-refractivity contribution is 8.18. The van der Waals surface area contributed by atoms with E-state index in [0.29, 0.717) is 47.6 Å². The van der Waals surface area contributed by atoms with Crippen LogP contribution in [0.4, 0.5) is 5.69 Å². The number of morpholine rings is 1. The molecule has 0 spiro atoms. The summed E-state index contributed by atoms with van der Waals surface area (Å²) < 4.78 is 5.30. The molecule has 2 fully saturated rings. The van der Waals surface area contributed by atoms with E-state index >= 15 is 0 Å². The lowest BCUT2D eigenvalue weighted by Crippen LogP contribution is -2.40. The van der Waals surface area contributed by atoms with Crippen LogP contribution in [0.2, 0.25) is 0 Å². The molecule has 0 unspecified atom stereocenters. The highest BCUT2D eigenvalue weighted by atomic mass is 32.2. The minimum atomic E-state index is -0.164. The van der Waals surface area contributed by atoms with Crippen LogP contribution >= 0.6 is 11.8 Å². The van der Waals surface area contributed by atoms with Crippen LogP contribution in [0.3, 0.4) is 0 Å². The van der Waals surface area contributed by atoms with Crippen LogP contribution in [0.15, 0.2) is 58.4 Å². The fraction of sp³-hybridized carbons (Fsp3) is 0.227. The minimum absolute atomic E-state index is 0.0478. The largest absolute Gasteiger partial charge is 0.508 e. The monoisotopic (exact) mass is 423 g/mol. The predicted molar refractivity (Wildman–Crippen MR) is 117 cm³/mol. The third-order valence-electron chi connectivity index (χ3n) is 4.79. The minimum Gasteiger partial charge on any atom is -0.508 e. The molecule has 2 heterocycles. The maximum Gasteiger partial charge on any atom is 0.266 e. The molecule has 2 aliphatic heterocycles. The second kappa shape index (κ2) is 8.73. The molecule has 4 rings (SSSR count). The van der Waals surface area contributed by atoms with E-state index in [2.05, 4.69) is 4.99 Å². The van der Waals surface area contributed by atoms with Gasteiger partial charge in [-0.1, -0.05) is 18.2 Å². The van der Waals surface area contributed by atoms with E-state index in [0.717, 1.165) is 5.56 Å². The molecule has 2 saturated heterocycles. The second-order valence-corrected chi connectivity index (χ2v) is 7.93. The van der Waals surface area contributed by atoms with Gasteiger partial charge in [-0.15, -0.1) is 0 Å². The lowest BCUT2D eigenvalue weighted by molar-refractivity contribution is -0.121. The fourth-order valence-electron chi connectivity index (χ4n) is 3.19. The first-order valence-electron chi connectivity index (χ1n) is 9.54. The molecule has 2 aliphatic rings. The van der Waals surface area contributed by atoms with Crippen LogP contribution in [-0.4, -0.2) is 65.2 Å². The van der Waals surface area contributed by atoms with Gasteiger partial charge in [-0.3, -0.25) is 14.5 Å². The molecule has 0 bridgehead atoms. The molecule has 0 saturated carbocycles. The topological polar surface area (TPSA) is 82.4 Å². The normalized spacial score (nSPS) is 19.7. The van der Waals surface area contributed by atoms with Gasteiger partial charge in [0.1, 0.15) is 5.75 Å². The van der Waals surface area contributed by atoms with E-state index in [9.17, 15) is 14.7 Å². The number of nitrogens with zero attached hydrogens (tertiary/aromatic N) is 3. The average Bonchev–Trinajstić information content (AvgIpc) is 3.02. The Morgan fingerprint density at radius 1 is 1.17 bits per heavy atom. The standard InChI is InChI=1S/C22H21N3O4S/c1-24-21(28)19(13-15-4-2-7-18(26)12-15)30-22(24)23-17-6-3-5-16(14-17)20(27)25-8-10-29-11-9-25/h2-7,12-14,26H,8-11H2,1H3/b19-13+,23-22?. The molecular formula is C22H21N3O4S. The van der Waals surface area contributed by atoms with Crippen molar-refractivity contribution in [2.24, 2.45) is 4.99 Å². The van der Waals surface area contributed by atoms with Gasteiger partial charge < -0.3 is 14.7 Å². The summed E-state index contributed by atoms with van der Waals surface area (Å²) in [5.41, 5.74) is 1.90. The number of amides is 2. The Hall–Kier alpha value is -3.10. The number of amidine groups is 1. The van der Waals surface area contributed by atoms with E-state index in [-0.39, 0.29) is 17.6 Å². The number of carbonyl (C=O) groups is 2. The average molecular weight is 423 g/mol. The van der Waals surface area contributed by atoms with Crippen molar-refractivity contribution in [2.75, 3.05) is 33.4 Å². The highest BCUT2D eigenvalue weighted by Crippen LogP contribution is 2.33. The lowest BCUT2D eigenvalue weighted by atomic mass is 10.1. The van der Waals surface area contributed by atoms with Crippen molar-refractivity contribution < 1.29 is 19.4 Å². The van der Waals surface area contributed by atoms with Crippen LogP contribution in [0.5, 0.6) is 5.75 Å². The number of hydrogen-bond acceptors (Lipinski definition) is 6. The maximum absolute atomic E-state index is 12.7. The third-order valence-corrected chi connectivity index (χ3v) is 5.85. The SMILES string of the molecule is CN1C(=O)/C(=C\c2cccc(O)c2)SC1=Nc1cccc(C(=O)N2CCOCC2)c1. The van der Waals surface area contributed by atoms with Gasteiger partial charge in [0.15, 0.2) is 5.17 Å². The summed E-state index contributed by atoms with van der Waals surface area (Å²) in [6.07, 6.45) is 1.73. The highest BCUT2D eigenvalue weighted by Gasteiger charge is 2.30. The summed E-state index contributed by atoms with van der Waals surface area (Å²) in [7, 11) is 1.67. The first-order valence-corrected chi connectivity index (χ1v) is 10.4. The van der Waals surface area contributed by atoms with Crippen LogP contribution in [0.25, 0.3) is 6.08 Å². The Labute approximate surface area is 178 Å². The number of aromatic hydroxyl groups is 1. The van der Waals surface area contributed by atoms with E-state index in [1.54, 1.807) is 60.5 Å². The smallest absolute Gasteiger partial charge is 0.266 e. The van der Waals surface area contributed by atoms with Gasteiger partial charge in [-0.2, -0.15) is 0 Å². The van der Waals surface area contributed by atoms with Gasteiger partial charge in [0.25, 0.3) is 11.8 Å². The number of thioether (sulfide) groups is 1. The molecule has 0 aliphatic carbocycles. The summed E-state index contributed by atoms with van der Waals surface area (Å²) in [5.74, 6) is -0.0697. The van der Waals surface area contributed by atoms with E-state index in [1.807, 2.05) is 6.07 Å². The van der Waals surface area contributed by atoms with Crippen molar-refractivity contribution in [3.05, 3.63) is 64.6 Å². The lowest BCUT2D eigenvalue weighted by Gasteiger charge is -2.26. The summed E-state index contributed by atoms with van der Waals surface area (Å²) in [6, 6.07) is 13.8. The van der Waals surface area contributed by atoms with Crippen molar-refractivity contribution in [3.63, 3.8) is 0 Å². The number of hydrogen-bond donors (Lipinski definition) is 1. The predicted octanol–water partition coefficient (Wildman–Crippen LogP) is 3.10. The Morgan fingerprint density at radius 3 is 2.70 bits per heavy atom. The van der Waals surface area contributed by atoms with Crippen LogP contribution in [0, 0.1) is 0 Å². The van der Waals surface area contributed by atoms with Gasteiger partial charge in [0, 0.05) is 25.7 Å². The molecule has 30 heavy (non-hydrogen) atoms. The zero-order chi connectivity index (χ0) is 21.1. The van der Waals surface area contributed by atoms with Crippen LogP contribution in [-0.2, 0) is 9.53 Å². The number of phenols is 1. The number of benzene rings is 2. The Balaban J connectivity index is 1.56. The first kappa shape index (κ1) is 20.2. The molecule has 2 aromatic carbocycles. The maximum atomic E-state index is 12.7. The number of aliphatic imine (C=N–C) groups is 1. The van der Waals surface area contributed by atoms with Crippen LogP contribution in [0.1, 0.15) is 15.9 Å². The number of ether oxygens (including phenoxy) is 1. The summed E-state index contributed by atoms with van der Waals surface area (Å²) in [6.45, 7) is 2.25. The second-order valence-electron chi connectivity index (χ2n) is 6.92. The molecule has 0 atom stereocenters. The van der Waals surface area contributed by atoms with Gasteiger partial charge in [-0.05, 0) is 53.7 Å². The fourth-order valence-corrected chi connectivity index (χ4v) is 4.17. The van der Waals surface area contributed by atoms with Crippen molar-refractivity contribution in [2.45, 2.75) is 0 Å². The molecular weight excluding hydrogens is 402 g/mol. The number of likely N-dealkylation sites (N-methyl/N-ethyl adjacent to an activating group) is 1. The number of carbonyl (C=O) groups excluding carboxylic acids is 2. The van der Waals surface area contributed by atoms with Gasteiger partial charge >= 0.3 is 0 Å². The number of phenolic OH excluding ortho intramolecular Hbond substituents is 1. The Kier molecular flexibility index (Phi) is 5.87. The van der Waals surface area contributed by atoms with Crippen molar-refractivity contribution in [1.82, 2.24) is 9.80 Å².